The van der Waals surface area contributed by atoms with Crippen LogP contribution in [0.5, 0.6) is 0 Å². The average molecular weight is 315 g/mol. The van der Waals surface area contributed by atoms with Gasteiger partial charge in [0.15, 0.2) is 0 Å². The molecule has 7 nitrogen and oxygen atoms in total. The minimum atomic E-state index is -1.12. The summed E-state index contributed by atoms with van der Waals surface area (Å²) >= 11 is 1.34. The zero-order valence-electron chi connectivity index (χ0n) is 11.5. The van der Waals surface area contributed by atoms with E-state index in [0.717, 1.165) is 0 Å². The molecule has 0 aromatic carbocycles. The normalized spacial score (nSPS) is 33.7. The summed E-state index contributed by atoms with van der Waals surface area (Å²) in [6.07, 6.45) is -0.552. The molecular formula is C13H17NO6S. The Bertz CT molecular complexity index is 499. The smallest absolute Gasteiger partial charge is 0.353 e. The summed E-state index contributed by atoms with van der Waals surface area (Å²) in [7, 11) is 0. The van der Waals surface area contributed by atoms with Crippen molar-refractivity contribution < 1.29 is 29.3 Å². The third-order valence-electron chi connectivity index (χ3n) is 3.87. The first kappa shape index (κ1) is 14.8. The number of aliphatic hydroxyl groups is 1. The number of thioether (sulfide) groups is 1. The summed E-state index contributed by atoms with van der Waals surface area (Å²) in [6.45, 7) is 3.02. The van der Waals surface area contributed by atoms with Gasteiger partial charge in [-0.1, -0.05) is 0 Å². The first-order valence-electron chi connectivity index (χ1n) is 6.84. The topological polar surface area (TPSA) is 96.3 Å². The molecule has 3 rings (SSSR count). The van der Waals surface area contributed by atoms with Crippen LogP contribution < -0.4 is 0 Å². The molecule has 116 valence electrons. The van der Waals surface area contributed by atoms with Crippen LogP contribution in [0.15, 0.2) is 10.6 Å². The van der Waals surface area contributed by atoms with Gasteiger partial charge in [0.25, 0.3) is 0 Å². The van der Waals surface area contributed by atoms with Gasteiger partial charge in [0.2, 0.25) is 5.91 Å². The Morgan fingerprint density at radius 3 is 2.86 bits per heavy atom. The highest BCUT2D eigenvalue weighted by atomic mass is 32.2. The van der Waals surface area contributed by atoms with Gasteiger partial charge in [0, 0.05) is 11.3 Å². The third-order valence-corrected chi connectivity index (χ3v) is 5.26. The molecule has 3 aliphatic heterocycles. The molecule has 3 aliphatic rings. The van der Waals surface area contributed by atoms with E-state index in [1.165, 1.54) is 16.7 Å². The van der Waals surface area contributed by atoms with Crippen molar-refractivity contribution in [2.45, 2.75) is 30.9 Å². The number of amides is 1. The lowest BCUT2D eigenvalue weighted by atomic mass is 9.92. The van der Waals surface area contributed by atoms with E-state index in [1.807, 2.05) is 0 Å². The maximum absolute atomic E-state index is 12.0. The second-order valence-corrected chi connectivity index (χ2v) is 6.54. The predicted molar refractivity (Wildman–Crippen MR) is 73.2 cm³/mol. The van der Waals surface area contributed by atoms with E-state index in [1.54, 1.807) is 6.92 Å². The van der Waals surface area contributed by atoms with Gasteiger partial charge in [-0.2, -0.15) is 0 Å². The number of aliphatic hydroxyl groups excluding tert-OH is 1. The standard InChI is InChI=1S/C13H17NO6S/c1-6(15)9-11(16)14-10(13(17)18)8(21-12(9)14)4-7-5-19-2-3-20-7/h6-7,9,12,15H,2-5H2,1H3,(H,17,18)/t6?,7?,9-,12+/m0/s1. The number of rotatable bonds is 4. The Morgan fingerprint density at radius 2 is 2.29 bits per heavy atom. The number of aliphatic carboxylic acids is 1. The molecule has 0 saturated carbocycles. The number of hydrogen-bond acceptors (Lipinski definition) is 6. The van der Waals surface area contributed by atoms with Crippen molar-refractivity contribution in [3.05, 3.63) is 10.6 Å². The number of fused-ring (bicyclic) bond motifs is 1. The van der Waals surface area contributed by atoms with Crippen LogP contribution in [0.4, 0.5) is 0 Å². The van der Waals surface area contributed by atoms with Gasteiger partial charge in [-0.3, -0.25) is 9.69 Å². The van der Waals surface area contributed by atoms with Crippen molar-refractivity contribution in [1.82, 2.24) is 4.90 Å². The zero-order chi connectivity index (χ0) is 15.1. The van der Waals surface area contributed by atoms with Gasteiger partial charge < -0.3 is 19.7 Å². The fourth-order valence-corrected chi connectivity index (χ4v) is 4.53. The second-order valence-electron chi connectivity index (χ2n) is 5.33. The van der Waals surface area contributed by atoms with Crippen LogP contribution >= 0.6 is 11.8 Å². The summed E-state index contributed by atoms with van der Waals surface area (Å²) < 4.78 is 10.9. The number of ether oxygens (including phenoxy) is 2. The first-order chi connectivity index (χ1) is 10.0. The lowest BCUT2D eigenvalue weighted by molar-refractivity contribution is -0.156. The summed E-state index contributed by atoms with van der Waals surface area (Å²) in [4.78, 5) is 25.4. The zero-order valence-corrected chi connectivity index (χ0v) is 12.3. The minimum absolute atomic E-state index is 0.0288. The number of carboxylic acid groups (broad SMARTS) is 1. The monoisotopic (exact) mass is 315 g/mol. The number of carboxylic acids is 1. The number of carbonyl (C=O) groups excluding carboxylic acids is 1. The van der Waals surface area contributed by atoms with Crippen molar-refractivity contribution in [3.63, 3.8) is 0 Å². The van der Waals surface area contributed by atoms with E-state index >= 15 is 0 Å². The third kappa shape index (κ3) is 2.46. The molecular weight excluding hydrogens is 298 g/mol. The highest BCUT2D eigenvalue weighted by Gasteiger charge is 2.57. The van der Waals surface area contributed by atoms with Crippen molar-refractivity contribution >= 4 is 23.6 Å². The fraction of sp³-hybridized carbons (Fsp3) is 0.692. The molecule has 21 heavy (non-hydrogen) atoms. The molecule has 1 amide bonds. The molecule has 2 fully saturated rings. The molecule has 0 spiro atoms. The van der Waals surface area contributed by atoms with Crippen molar-refractivity contribution in [2.75, 3.05) is 19.8 Å². The first-order valence-corrected chi connectivity index (χ1v) is 7.72. The maximum atomic E-state index is 12.0. The van der Waals surface area contributed by atoms with E-state index in [4.69, 9.17) is 9.47 Å². The fourth-order valence-electron chi connectivity index (χ4n) is 2.86. The van der Waals surface area contributed by atoms with Gasteiger partial charge in [0.1, 0.15) is 11.1 Å². The minimum Gasteiger partial charge on any atom is -0.477 e. The molecule has 0 aromatic rings. The molecule has 0 radical (unpaired) electrons. The predicted octanol–water partition coefficient (Wildman–Crippen LogP) is 0.000200. The quantitative estimate of drug-likeness (QED) is 0.705. The summed E-state index contributed by atoms with van der Waals surface area (Å²) in [5, 5.41) is 18.7. The Balaban J connectivity index is 1.79. The van der Waals surface area contributed by atoms with E-state index in [0.29, 0.717) is 31.1 Å². The highest BCUT2D eigenvalue weighted by Crippen LogP contribution is 2.51. The van der Waals surface area contributed by atoms with Crippen molar-refractivity contribution in [2.24, 2.45) is 5.92 Å². The Labute approximate surface area is 125 Å². The van der Waals surface area contributed by atoms with Crippen LogP contribution in [0.1, 0.15) is 13.3 Å². The van der Waals surface area contributed by atoms with Crippen LogP contribution in [-0.4, -0.2) is 64.4 Å². The highest BCUT2D eigenvalue weighted by molar-refractivity contribution is 8.04. The molecule has 3 heterocycles. The van der Waals surface area contributed by atoms with Crippen molar-refractivity contribution in [1.29, 1.82) is 0 Å². The van der Waals surface area contributed by atoms with Gasteiger partial charge in [-0.25, -0.2) is 4.79 Å². The van der Waals surface area contributed by atoms with Crippen LogP contribution in [0.3, 0.4) is 0 Å². The number of carbonyl (C=O) groups is 2. The van der Waals surface area contributed by atoms with Gasteiger partial charge in [-0.05, 0) is 6.92 Å². The van der Waals surface area contributed by atoms with Gasteiger partial charge >= 0.3 is 5.97 Å². The van der Waals surface area contributed by atoms with E-state index in [9.17, 15) is 19.8 Å². The van der Waals surface area contributed by atoms with Crippen LogP contribution in [0.25, 0.3) is 0 Å². The molecule has 0 aromatic heterocycles. The van der Waals surface area contributed by atoms with Crippen LogP contribution in [0, 0.1) is 5.92 Å². The average Bonchev–Trinajstić information content (AvgIpc) is 2.74. The van der Waals surface area contributed by atoms with Crippen LogP contribution in [0.2, 0.25) is 0 Å². The van der Waals surface area contributed by atoms with Gasteiger partial charge in [0.05, 0.1) is 37.9 Å². The largest absolute Gasteiger partial charge is 0.477 e. The molecule has 8 heteroatoms. The lowest BCUT2D eigenvalue weighted by Crippen LogP contribution is -2.60. The van der Waals surface area contributed by atoms with Crippen molar-refractivity contribution in [3.8, 4) is 0 Å². The second kappa shape index (κ2) is 5.60. The van der Waals surface area contributed by atoms with Crippen LogP contribution in [-0.2, 0) is 19.1 Å². The molecule has 0 aliphatic carbocycles. The SMILES string of the molecule is CC(O)[C@H]1C(=O)N2C(C(=O)O)=C(CC3COCCO3)S[C@H]12. The van der Waals surface area contributed by atoms with E-state index in [-0.39, 0.29) is 23.1 Å². The van der Waals surface area contributed by atoms with E-state index in [2.05, 4.69) is 0 Å². The molecule has 4 atom stereocenters. The summed E-state index contributed by atoms with van der Waals surface area (Å²) in [5.41, 5.74) is 0.0288. The Morgan fingerprint density at radius 1 is 1.52 bits per heavy atom. The molecule has 0 bridgehead atoms. The number of β-lactam (4-membered cyclic amide) rings is 1. The number of hydrogen-bond donors (Lipinski definition) is 2. The molecule has 2 N–H and O–H groups in total. The molecule has 2 saturated heterocycles. The molecule has 2 unspecified atom stereocenters. The Hall–Kier alpha value is -1.09. The Kier molecular flexibility index (Phi) is 3.96. The lowest BCUT2D eigenvalue weighted by Gasteiger charge is -2.43. The van der Waals surface area contributed by atoms with E-state index < -0.39 is 18.0 Å². The summed E-state index contributed by atoms with van der Waals surface area (Å²) in [6, 6.07) is 0. The summed E-state index contributed by atoms with van der Waals surface area (Å²) in [5.74, 6) is -1.98. The maximum Gasteiger partial charge on any atom is 0.353 e. The van der Waals surface area contributed by atoms with Gasteiger partial charge in [-0.15, -0.1) is 11.8 Å². The number of nitrogens with zero attached hydrogens (tertiary/aromatic N) is 1.